The van der Waals surface area contributed by atoms with Crippen LogP contribution in [0.5, 0.6) is 0 Å². The number of benzene rings is 1. The maximum atomic E-state index is 12.7. The highest BCUT2D eigenvalue weighted by atomic mass is 32.2. The molecule has 2 aromatic rings. The van der Waals surface area contributed by atoms with Crippen LogP contribution in [0.25, 0.3) is 0 Å². The summed E-state index contributed by atoms with van der Waals surface area (Å²) in [6, 6.07) is 11.5. The van der Waals surface area contributed by atoms with Crippen LogP contribution in [0.15, 0.2) is 48.7 Å². The van der Waals surface area contributed by atoms with Crippen molar-refractivity contribution in [1.82, 2.24) is 14.8 Å². The highest BCUT2D eigenvalue weighted by Gasteiger charge is 2.24. The quantitative estimate of drug-likeness (QED) is 0.762. The number of rotatable bonds is 4. The molecule has 2 heterocycles. The first-order chi connectivity index (χ1) is 13.0. The molecular weight excluding hydrogens is 368 g/mol. The van der Waals surface area contributed by atoms with Crippen LogP contribution in [-0.2, 0) is 10.9 Å². The van der Waals surface area contributed by atoms with E-state index in [1.165, 1.54) is 0 Å². The second-order valence-corrected chi connectivity index (χ2v) is 6.84. The second kappa shape index (κ2) is 8.63. The number of nitrogens with one attached hydrogen (secondary N) is 1. The van der Waals surface area contributed by atoms with E-state index in [2.05, 4.69) is 9.71 Å². The van der Waals surface area contributed by atoms with Crippen molar-refractivity contribution < 1.29 is 18.0 Å². The summed E-state index contributed by atoms with van der Waals surface area (Å²) in [5.74, 6) is -0.271. The van der Waals surface area contributed by atoms with Crippen molar-refractivity contribution in [1.29, 1.82) is 0 Å². The minimum atomic E-state index is -2.74. The first kappa shape index (κ1) is 18.8. The average Bonchev–Trinajstić information content (AvgIpc) is 2.94. The Labute approximate surface area is 158 Å². The smallest absolute Gasteiger partial charge is 0.272 e. The van der Waals surface area contributed by atoms with E-state index in [-0.39, 0.29) is 11.8 Å². The molecule has 1 aliphatic heterocycles. The predicted molar refractivity (Wildman–Crippen MR) is 101 cm³/mol. The van der Waals surface area contributed by atoms with Gasteiger partial charge in [0.1, 0.15) is 5.69 Å². The van der Waals surface area contributed by atoms with E-state index in [1.807, 2.05) is 0 Å². The van der Waals surface area contributed by atoms with Gasteiger partial charge in [-0.3, -0.25) is 19.3 Å². The van der Waals surface area contributed by atoms with Gasteiger partial charge in [-0.2, -0.15) is 0 Å². The highest BCUT2D eigenvalue weighted by Crippen LogP contribution is 2.14. The molecule has 1 fully saturated rings. The summed E-state index contributed by atoms with van der Waals surface area (Å²) < 4.78 is 23.6. The summed E-state index contributed by atoms with van der Waals surface area (Å²) in [6.07, 6.45) is 2.27. The lowest BCUT2D eigenvalue weighted by Crippen LogP contribution is -2.37. The molecule has 0 bridgehead atoms. The lowest BCUT2D eigenvalue weighted by molar-refractivity contribution is 0.0715. The molecule has 1 aromatic heterocycles. The summed E-state index contributed by atoms with van der Waals surface area (Å²) in [6.45, 7) is 2.00. The molecule has 3 rings (SSSR count). The van der Waals surface area contributed by atoms with Crippen LogP contribution in [0.3, 0.4) is 0 Å². The fraction of sp³-hybridized carbons (Fsp3) is 0.278. The van der Waals surface area contributed by atoms with Crippen molar-refractivity contribution in [3.63, 3.8) is 0 Å². The molecule has 0 spiro atoms. The average molecular weight is 388 g/mol. The molecule has 0 unspecified atom stereocenters. The number of carbonyl (C=O) groups excluding carboxylic acids is 2. The number of carbonyl (C=O) groups is 2. The third-order valence-electron chi connectivity index (χ3n) is 4.31. The Bertz CT molecular complexity index is 876. The molecule has 0 saturated carbocycles. The standard InChI is InChI=1S/C18H20N4O4S/c23-17(14-5-7-15(8-6-14)20-27(25)26)21-10-3-11-22(13-12-21)18(24)16-4-1-2-9-19-16/h1-2,4-9,27H,3,10-13H2,(H,20,25,26). The van der Waals surface area contributed by atoms with Gasteiger partial charge in [0.15, 0.2) is 0 Å². The SMILES string of the molecule is O=C(c1ccc(N[SH](=O)=O)cc1)N1CCCN(C(=O)c2ccccn2)CC1. The number of thiol groups is 1. The van der Waals surface area contributed by atoms with Crippen molar-refractivity contribution >= 4 is 28.4 Å². The third kappa shape index (κ3) is 4.82. The Morgan fingerprint density at radius 2 is 1.56 bits per heavy atom. The van der Waals surface area contributed by atoms with E-state index >= 15 is 0 Å². The van der Waals surface area contributed by atoms with Gasteiger partial charge in [-0.25, -0.2) is 8.42 Å². The Kier molecular flexibility index (Phi) is 6.02. The second-order valence-electron chi connectivity index (χ2n) is 6.10. The Balaban J connectivity index is 1.63. The van der Waals surface area contributed by atoms with Crippen LogP contribution in [0.2, 0.25) is 0 Å². The minimum Gasteiger partial charge on any atom is -0.337 e. The largest absolute Gasteiger partial charge is 0.337 e. The van der Waals surface area contributed by atoms with E-state index in [4.69, 9.17) is 0 Å². The Morgan fingerprint density at radius 1 is 0.889 bits per heavy atom. The highest BCUT2D eigenvalue weighted by molar-refractivity contribution is 7.73. The van der Waals surface area contributed by atoms with E-state index in [0.29, 0.717) is 49.5 Å². The van der Waals surface area contributed by atoms with Crippen molar-refractivity contribution in [2.24, 2.45) is 0 Å². The maximum absolute atomic E-state index is 12.7. The van der Waals surface area contributed by atoms with Crippen molar-refractivity contribution in [3.8, 4) is 0 Å². The van der Waals surface area contributed by atoms with Crippen molar-refractivity contribution in [2.75, 3.05) is 30.9 Å². The number of nitrogens with zero attached hydrogens (tertiary/aromatic N) is 3. The van der Waals surface area contributed by atoms with Crippen LogP contribution in [0.4, 0.5) is 5.69 Å². The van der Waals surface area contributed by atoms with Crippen LogP contribution in [0.1, 0.15) is 27.3 Å². The summed E-state index contributed by atoms with van der Waals surface area (Å²) in [4.78, 5) is 32.8. The van der Waals surface area contributed by atoms with E-state index in [1.54, 1.807) is 58.5 Å². The number of anilines is 1. The first-order valence-corrected chi connectivity index (χ1v) is 9.73. The monoisotopic (exact) mass is 388 g/mol. The molecule has 9 heteroatoms. The summed E-state index contributed by atoms with van der Waals surface area (Å²) in [5.41, 5.74) is 1.29. The summed E-state index contributed by atoms with van der Waals surface area (Å²) in [7, 11) is -2.74. The van der Waals surface area contributed by atoms with Gasteiger partial charge < -0.3 is 9.80 Å². The van der Waals surface area contributed by atoms with Gasteiger partial charge in [0, 0.05) is 43.6 Å². The summed E-state index contributed by atoms with van der Waals surface area (Å²) >= 11 is 0. The van der Waals surface area contributed by atoms with Gasteiger partial charge in [-0.15, -0.1) is 0 Å². The van der Waals surface area contributed by atoms with Crippen LogP contribution >= 0.6 is 0 Å². The van der Waals surface area contributed by atoms with E-state index < -0.39 is 10.9 Å². The van der Waals surface area contributed by atoms with Gasteiger partial charge in [0.25, 0.3) is 11.8 Å². The zero-order valence-corrected chi connectivity index (χ0v) is 15.5. The zero-order valence-electron chi connectivity index (χ0n) is 14.6. The van der Waals surface area contributed by atoms with Crippen LogP contribution in [-0.4, -0.2) is 61.2 Å². The molecule has 1 N–H and O–H groups in total. The van der Waals surface area contributed by atoms with Gasteiger partial charge in [0.2, 0.25) is 10.9 Å². The van der Waals surface area contributed by atoms with Gasteiger partial charge in [-0.05, 0) is 42.8 Å². The topological polar surface area (TPSA) is 99.7 Å². The minimum absolute atomic E-state index is 0.132. The fourth-order valence-electron chi connectivity index (χ4n) is 2.95. The number of hydrogen-bond acceptors (Lipinski definition) is 5. The molecule has 0 aliphatic carbocycles. The van der Waals surface area contributed by atoms with E-state index in [0.717, 1.165) is 0 Å². The van der Waals surface area contributed by atoms with Crippen LogP contribution < -0.4 is 4.72 Å². The molecule has 1 aromatic carbocycles. The molecule has 2 amide bonds. The number of aromatic nitrogens is 1. The number of hydrogen-bond donors (Lipinski definition) is 2. The number of amides is 2. The molecule has 8 nitrogen and oxygen atoms in total. The molecule has 1 aliphatic rings. The van der Waals surface area contributed by atoms with Crippen LogP contribution in [0, 0.1) is 0 Å². The molecule has 0 atom stereocenters. The number of pyridine rings is 1. The maximum Gasteiger partial charge on any atom is 0.272 e. The normalized spacial score (nSPS) is 14.7. The third-order valence-corrected chi connectivity index (χ3v) is 4.75. The summed E-state index contributed by atoms with van der Waals surface area (Å²) in [5, 5.41) is 0. The molecule has 0 radical (unpaired) electrons. The predicted octanol–water partition coefficient (Wildman–Crippen LogP) is 1.01. The molecule has 142 valence electrons. The lowest BCUT2D eigenvalue weighted by Gasteiger charge is -2.22. The molecule has 1 saturated heterocycles. The van der Waals surface area contributed by atoms with Gasteiger partial charge in [0.05, 0.1) is 0 Å². The van der Waals surface area contributed by atoms with Crippen molar-refractivity contribution in [3.05, 3.63) is 59.9 Å². The van der Waals surface area contributed by atoms with Crippen molar-refractivity contribution in [2.45, 2.75) is 6.42 Å². The fourth-order valence-corrected chi connectivity index (χ4v) is 3.31. The van der Waals surface area contributed by atoms with E-state index in [9.17, 15) is 18.0 Å². The van der Waals surface area contributed by atoms with Gasteiger partial charge >= 0.3 is 0 Å². The molecule has 27 heavy (non-hydrogen) atoms. The first-order valence-electron chi connectivity index (χ1n) is 8.55. The Morgan fingerprint density at radius 3 is 2.15 bits per heavy atom. The molecular formula is C18H20N4O4S. The van der Waals surface area contributed by atoms with Gasteiger partial charge in [-0.1, -0.05) is 6.07 Å². The Hall–Kier alpha value is -2.94. The zero-order chi connectivity index (χ0) is 19.2. The lowest BCUT2D eigenvalue weighted by atomic mass is 10.2.